The fourth-order valence-electron chi connectivity index (χ4n) is 2.42. The number of carbonyl (C=O) groups is 1. The number of amides is 1. The predicted molar refractivity (Wildman–Crippen MR) is 88.1 cm³/mol. The first-order valence-corrected chi connectivity index (χ1v) is 7.49. The molecule has 24 heavy (non-hydrogen) atoms. The summed E-state index contributed by atoms with van der Waals surface area (Å²) in [5.74, 6) is -2.16. The Morgan fingerprint density at radius 1 is 0.958 bits per heavy atom. The molecule has 0 aliphatic heterocycles. The van der Waals surface area contributed by atoms with Crippen LogP contribution in [0.2, 0.25) is 0 Å². The van der Waals surface area contributed by atoms with E-state index < -0.39 is 17.5 Å². The molecule has 1 amide bonds. The van der Waals surface area contributed by atoms with E-state index in [0.29, 0.717) is 5.75 Å². The minimum atomic E-state index is -1.15. The van der Waals surface area contributed by atoms with Gasteiger partial charge in [-0.15, -0.1) is 0 Å². The van der Waals surface area contributed by atoms with Gasteiger partial charge in [-0.3, -0.25) is 4.79 Å². The lowest BCUT2D eigenvalue weighted by atomic mass is 10.1. The van der Waals surface area contributed by atoms with Crippen molar-refractivity contribution in [2.75, 3.05) is 13.2 Å². The van der Waals surface area contributed by atoms with Crippen molar-refractivity contribution in [2.24, 2.45) is 0 Å². The molecular weight excluding hydrogens is 312 g/mol. The van der Waals surface area contributed by atoms with E-state index in [1.807, 2.05) is 42.5 Å². The summed E-state index contributed by atoms with van der Waals surface area (Å²) >= 11 is 0. The van der Waals surface area contributed by atoms with E-state index in [0.717, 1.165) is 16.8 Å². The molecule has 5 heteroatoms. The Bertz CT molecular complexity index is 875. The second-order valence-corrected chi connectivity index (χ2v) is 5.18. The van der Waals surface area contributed by atoms with Gasteiger partial charge in [-0.25, -0.2) is 8.78 Å². The van der Waals surface area contributed by atoms with Gasteiger partial charge in [0.05, 0.1) is 12.1 Å². The quantitative estimate of drug-likeness (QED) is 0.721. The lowest BCUT2D eigenvalue weighted by Gasteiger charge is -2.10. The molecule has 0 aliphatic rings. The van der Waals surface area contributed by atoms with Crippen molar-refractivity contribution in [1.29, 1.82) is 0 Å². The number of fused-ring (bicyclic) bond motifs is 1. The zero-order valence-electron chi connectivity index (χ0n) is 12.8. The summed E-state index contributed by atoms with van der Waals surface area (Å²) in [6, 6.07) is 17.0. The number of benzene rings is 3. The van der Waals surface area contributed by atoms with Crippen molar-refractivity contribution in [1.82, 2.24) is 5.32 Å². The smallest absolute Gasteiger partial charge is 0.254 e. The van der Waals surface area contributed by atoms with Gasteiger partial charge >= 0.3 is 0 Å². The highest BCUT2D eigenvalue weighted by molar-refractivity contribution is 5.94. The second kappa shape index (κ2) is 7.08. The van der Waals surface area contributed by atoms with Crippen molar-refractivity contribution in [3.8, 4) is 5.75 Å². The predicted octanol–water partition coefficient (Wildman–Crippen LogP) is 3.93. The molecule has 0 atom stereocenters. The molecule has 0 spiro atoms. The highest BCUT2D eigenvalue weighted by Crippen LogP contribution is 2.24. The number of carbonyl (C=O) groups excluding carboxylic acids is 1. The molecule has 3 aromatic rings. The minimum Gasteiger partial charge on any atom is -0.491 e. The van der Waals surface area contributed by atoms with Crippen LogP contribution in [0.1, 0.15) is 10.4 Å². The van der Waals surface area contributed by atoms with Gasteiger partial charge in [-0.2, -0.15) is 0 Å². The number of nitrogens with one attached hydrogen (secondary N) is 1. The Hall–Kier alpha value is -2.95. The summed E-state index contributed by atoms with van der Waals surface area (Å²) in [7, 11) is 0. The van der Waals surface area contributed by atoms with Gasteiger partial charge in [0.1, 0.15) is 12.4 Å². The van der Waals surface area contributed by atoms with Crippen molar-refractivity contribution < 1.29 is 18.3 Å². The number of ether oxygens (including phenoxy) is 1. The van der Waals surface area contributed by atoms with Gasteiger partial charge in [0.2, 0.25) is 0 Å². The third kappa shape index (κ3) is 3.35. The van der Waals surface area contributed by atoms with E-state index in [9.17, 15) is 13.6 Å². The van der Waals surface area contributed by atoms with Gasteiger partial charge in [0, 0.05) is 5.39 Å². The molecular formula is C19H15F2NO2. The Morgan fingerprint density at radius 3 is 2.58 bits per heavy atom. The largest absolute Gasteiger partial charge is 0.491 e. The highest BCUT2D eigenvalue weighted by atomic mass is 19.2. The van der Waals surface area contributed by atoms with Gasteiger partial charge in [-0.1, -0.05) is 42.5 Å². The molecule has 0 bridgehead atoms. The zero-order valence-corrected chi connectivity index (χ0v) is 12.8. The molecule has 0 aromatic heterocycles. The fraction of sp³-hybridized carbons (Fsp3) is 0.105. The van der Waals surface area contributed by atoms with Crippen molar-refractivity contribution in [2.45, 2.75) is 0 Å². The van der Waals surface area contributed by atoms with Crippen LogP contribution in [-0.2, 0) is 0 Å². The van der Waals surface area contributed by atoms with Crippen molar-refractivity contribution in [3.63, 3.8) is 0 Å². The first kappa shape index (κ1) is 15.9. The SMILES string of the molecule is O=C(NCCOc1cccc2ccccc12)c1cccc(F)c1F. The third-order valence-corrected chi connectivity index (χ3v) is 3.59. The number of hydrogen-bond donors (Lipinski definition) is 1. The number of halogens is 2. The molecule has 0 aliphatic carbocycles. The molecule has 0 fully saturated rings. The van der Waals surface area contributed by atoms with Crippen LogP contribution < -0.4 is 10.1 Å². The second-order valence-electron chi connectivity index (χ2n) is 5.18. The lowest BCUT2D eigenvalue weighted by Crippen LogP contribution is -2.29. The summed E-state index contributed by atoms with van der Waals surface area (Å²) < 4.78 is 32.3. The van der Waals surface area contributed by atoms with Crippen molar-refractivity contribution >= 4 is 16.7 Å². The fourth-order valence-corrected chi connectivity index (χ4v) is 2.42. The highest BCUT2D eigenvalue weighted by Gasteiger charge is 2.14. The molecule has 3 rings (SSSR count). The van der Waals surface area contributed by atoms with E-state index >= 15 is 0 Å². The summed E-state index contributed by atoms with van der Waals surface area (Å²) in [6.45, 7) is 0.398. The maximum Gasteiger partial charge on any atom is 0.254 e. The molecule has 0 heterocycles. The van der Waals surface area contributed by atoms with Crippen LogP contribution in [0.25, 0.3) is 10.8 Å². The van der Waals surface area contributed by atoms with Gasteiger partial charge in [0.25, 0.3) is 5.91 Å². The molecule has 3 nitrogen and oxygen atoms in total. The molecule has 0 radical (unpaired) electrons. The van der Waals surface area contributed by atoms with E-state index in [1.54, 1.807) is 0 Å². The van der Waals surface area contributed by atoms with E-state index in [1.165, 1.54) is 12.1 Å². The third-order valence-electron chi connectivity index (χ3n) is 3.59. The maximum atomic E-state index is 13.5. The molecule has 0 unspecified atom stereocenters. The lowest BCUT2D eigenvalue weighted by molar-refractivity contribution is 0.0942. The topological polar surface area (TPSA) is 38.3 Å². The number of hydrogen-bond acceptors (Lipinski definition) is 2. The number of rotatable bonds is 5. The van der Waals surface area contributed by atoms with Gasteiger partial charge in [-0.05, 0) is 23.6 Å². The summed E-state index contributed by atoms with van der Waals surface area (Å²) in [6.07, 6.45) is 0. The Labute approximate surface area is 137 Å². The van der Waals surface area contributed by atoms with Crippen LogP contribution in [0.5, 0.6) is 5.75 Å². The first-order valence-electron chi connectivity index (χ1n) is 7.49. The van der Waals surface area contributed by atoms with Crippen LogP contribution in [0.15, 0.2) is 60.7 Å². The minimum absolute atomic E-state index is 0.179. The van der Waals surface area contributed by atoms with Crippen LogP contribution >= 0.6 is 0 Å². The summed E-state index contributed by atoms with van der Waals surface area (Å²) in [5.41, 5.74) is -0.319. The van der Waals surface area contributed by atoms with E-state index in [2.05, 4.69) is 5.32 Å². The van der Waals surface area contributed by atoms with Crippen LogP contribution in [0.3, 0.4) is 0 Å². The molecule has 122 valence electrons. The first-order chi connectivity index (χ1) is 11.7. The molecule has 3 aromatic carbocycles. The van der Waals surface area contributed by atoms with Crippen LogP contribution in [-0.4, -0.2) is 19.1 Å². The monoisotopic (exact) mass is 327 g/mol. The Balaban J connectivity index is 1.59. The average Bonchev–Trinajstić information content (AvgIpc) is 2.61. The Morgan fingerprint density at radius 2 is 1.71 bits per heavy atom. The maximum absolute atomic E-state index is 13.5. The normalized spacial score (nSPS) is 10.6. The van der Waals surface area contributed by atoms with Gasteiger partial charge in [0.15, 0.2) is 11.6 Å². The molecule has 1 N–H and O–H groups in total. The van der Waals surface area contributed by atoms with Crippen LogP contribution in [0.4, 0.5) is 8.78 Å². The molecule has 0 saturated heterocycles. The summed E-state index contributed by atoms with van der Waals surface area (Å²) in [4.78, 5) is 11.9. The standard InChI is InChI=1S/C19H15F2NO2/c20-16-9-4-8-15(18(16)21)19(23)22-11-12-24-17-10-3-6-13-5-1-2-7-14(13)17/h1-10H,11-12H2,(H,22,23). The molecule has 0 saturated carbocycles. The van der Waals surface area contributed by atoms with Crippen molar-refractivity contribution in [3.05, 3.63) is 77.9 Å². The van der Waals surface area contributed by atoms with Crippen LogP contribution in [0, 0.1) is 11.6 Å². The van der Waals surface area contributed by atoms with Gasteiger partial charge < -0.3 is 10.1 Å². The average molecular weight is 327 g/mol. The van der Waals surface area contributed by atoms with E-state index in [4.69, 9.17) is 4.74 Å². The zero-order chi connectivity index (χ0) is 16.9. The van der Waals surface area contributed by atoms with E-state index in [-0.39, 0.29) is 18.7 Å². The summed E-state index contributed by atoms with van der Waals surface area (Å²) in [5, 5.41) is 4.55. The Kier molecular flexibility index (Phi) is 4.70.